The maximum atomic E-state index is 5.71. The first-order valence-electron chi connectivity index (χ1n) is 9.04. The van der Waals surface area contributed by atoms with Crippen LogP contribution in [0.5, 0.6) is 0 Å². The van der Waals surface area contributed by atoms with Crippen LogP contribution in [0, 0.1) is 12.3 Å². The molecule has 0 saturated carbocycles. The molecule has 126 valence electrons. The summed E-state index contributed by atoms with van der Waals surface area (Å²) in [6, 6.07) is 7.01. The number of benzene rings is 1. The molecule has 0 saturated heterocycles. The molecule has 1 aliphatic heterocycles. The Bertz CT molecular complexity index is 740. The fourth-order valence-corrected chi connectivity index (χ4v) is 5.73. The van der Waals surface area contributed by atoms with Gasteiger partial charge in [0.25, 0.3) is 0 Å². The Kier molecular flexibility index (Phi) is 4.26. The van der Waals surface area contributed by atoms with Gasteiger partial charge >= 0.3 is 0 Å². The van der Waals surface area contributed by atoms with Crippen LogP contribution in [-0.4, -0.2) is 14.1 Å². The molecule has 1 aliphatic carbocycles. The number of terminal acetylenes is 1. The number of allylic oxidation sites excluding steroid dienone is 2. The van der Waals surface area contributed by atoms with Crippen molar-refractivity contribution in [2.45, 2.75) is 64.2 Å². The summed E-state index contributed by atoms with van der Waals surface area (Å²) in [4.78, 5) is 2.61. The number of rotatable bonds is 2. The summed E-state index contributed by atoms with van der Waals surface area (Å²) in [6.45, 7) is 12.0. The maximum absolute atomic E-state index is 5.71. The van der Waals surface area contributed by atoms with E-state index < -0.39 is 8.07 Å². The number of nitrogens with zero attached hydrogens (tertiary/aromatic N) is 1. The molecular formula is C22H29NSi. The topological polar surface area (TPSA) is 3.24 Å². The zero-order chi connectivity index (χ0) is 17.5. The van der Waals surface area contributed by atoms with Crippen LogP contribution in [0.1, 0.15) is 44.2 Å². The molecule has 1 nitrogen and oxygen atoms in total. The first kappa shape index (κ1) is 17.1. The van der Waals surface area contributed by atoms with Gasteiger partial charge in [0, 0.05) is 16.7 Å². The third-order valence-corrected chi connectivity index (χ3v) is 7.13. The minimum Gasteiger partial charge on any atom is -0.342 e. The third kappa shape index (κ3) is 2.98. The maximum Gasteiger partial charge on any atom is 0.0981 e. The lowest BCUT2D eigenvalue weighted by atomic mass is 9.80. The Morgan fingerprint density at radius 1 is 1.25 bits per heavy atom. The molecular weight excluding hydrogens is 306 g/mol. The van der Waals surface area contributed by atoms with Crippen LogP contribution < -0.4 is 4.90 Å². The lowest BCUT2D eigenvalue weighted by molar-refractivity contribution is 0.590. The van der Waals surface area contributed by atoms with E-state index in [1.54, 1.807) is 5.32 Å². The molecule has 0 fully saturated rings. The molecule has 1 atom stereocenters. The van der Waals surface area contributed by atoms with Crippen LogP contribution in [0.15, 0.2) is 41.7 Å². The van der Waals surface area contributed by atoms with Crippen LogP contribution >= 0.6 is 0 Å². The standard InChI is InChI=1S/C22H29NSi/c1-7-17-13-14-19-20(15-17)23(18-11-9-8-10-12-18)21(24(4,5)6)16-22(19,2)3/h1,9,11,13-16,18H,8,10,12H2,2-6H3. The first-order valence-corrected chi connectivity index (χ1v) is 12.5. The lowest BCUT2D eigenvalue weighted by Crippen LogP contribution is -2.47. The summed E-state index contributed by atoms with van der Waals surface area (Å²) in [5.41, 5.74) is 3.74. The smallest absolute Gasteiger partial charge is 0.0981 e. The molecule has 2 heteroatoms. The van der Waals surface area contributed by atoms with Crippen LogP contribution in [0.2, 0.25) is 19.6 Å². The van der Waals surface area contributed by atoms with Gasteiger partial charge in [-0.1, -0.05) is 63.7 Å². The monoisotopic (exact) mass is 335 g/mol. The highest BCUT2D eigenvalue weighted by Gasteiger charge is 2.39. The number of fused-ring (bicyclic) bond motifs is 1. The summed E-state index contributed by atoms with van der Waals surface area (Å²) < 4.78 is 0. The summed E-state index contributed by atoms with van der Waals surface area (Å²) in [6.07, 6.45) is 16.7. The molecule has 0 N–H and O–H groups in total. The molecule has 1 aromatic rings. The Labute approximate surface area is 148 Å². The second-order valence-electron chi connectivity index (χ2n) is 8.67. The Morgan fingerprint density at radius 2 is 2.00 bits per heavy atom. The van der Waals surface area contributed by atoms with Crippen molar-refractivity contribution in [3.05, 3.63) is 52.9 Å². The van der Waals surface area contributed by atoms with Crippen LogP contribution in [0.3, 0.4) is 0 Å². The van der Waals surface area contributed by atoms with E-state index >= 15 is 0 Å². The Hall–Kier alpha value is -1.72. The van der Waals surface area contributed by atoms with Gasteiger partial charge in [0.15, 0.2) is 0 Å². The van der Waals surface area contributed by atoms with Gasteiger partial charge in [-0.15, -0.1) is 6.42 Å². The summed E-state index contributed by atoms with van der Waals surface area (Å²) in [5.74, 6) is 2.83. The second kappa shape index (κ2) is 5.97. The largest absolute Gasteiger partial charge is 0.342 e. The van der Waals surface area contributed by atoms with Crippen molar-refractivity contribution in [2.75, 3.05) is 4.90 Å². The highest BCUT2D eigenvalue weighted by atomic mass is 28.3. The molecule has 1 aromatic carbocycles. The van der Waals surface area contributed by atoms with Gasteiger partial charge in [0.05, 0.1) is 14.1 Å². The van der Waals surface area contributed by atoms with E-state index in [4.69, 9.17) is 6.42 Å². The average Bonchev–Trinajstić information content (AvgIpc) is 2.53. The Morgan fingerprint density at radius 3 is 2.58 bits per heavy atom. The minimum atomic E-state index is -1.49. The van der Waals surface area contributed by atoms with E-state index in [2.05, 4.69) is 80.7 Å². The van der Waals surface area contributed by atoms with Crippen LogP contribution in [-0.2, 0) is 5.41 Å². The fraction of sp³-hybridized carbons (Fsp3) is 0.455. The molecule has 0 bridgehead atoms. The third-order valence-electron chi connectivity index (χ3n) is 5.20. The molecule has 3 rings (SSSR count). The van der Waals surface area contributed by atoms with Crippen molar-refractivity contribution < 1.29 is 0 Å². The second-order valence-corrected chi connectivity index (χ2v) is 13.7. The molecule has 0 radical (unpaired) electrons. The molecule has 1 heterocycles. The normalized spacial score (nSPS) is 22.6. The minimum absolute atomic E-state index is 0.0486. The van der Waals surface area contributed by atoms with Gasteiger partial charge in [0.2, 0.25) is 0 Å². The molecule has 0 amide bonds. The van der Waals surface area contributed by atoms with Crippen molar-refractivity contribution in [3.8, 4) is 12.3 Å². The predicted octanol–water partition coefficient (Wildman–Crippen LogP) is 5.64. The first-order chi connectivity index (χ1) is 11.2. The summed E-state index contributed by atoms with van der Waals surface area (Å²) >= 11 is 0. The number of anilines is 1. The van der Waals surface area contributed by atoms with E-state index in [1.807, 2.05) is 0 Å². The molecule has 1 unspecified atom stereocenters. The molecule has 0 aromatic heterocycles. The van der Waals surface area contributed by atoms with Gasteiger partial charge in [-0.25, -0.2) is 0 Å². The van der Waals surface area contributed by atoms with E-state index in [0.29, 0.717) is 6.04 Å². The predicted molar refractivity (Wildman–Crippen MR) is 108 cm³/mol. The highest BCUT2D eigenvalue weighted by Crippen LogP contribution is 2.45. The van der Waals surface area contributed by atoms with Gasteiger partial charge in [-0.05, 0) is 42.3 Å². The summed E-state index contributed by atoms with van der Waals surface area (Å²) in [5, 5.41) is 1.55. The Balaban J connectivity index is 2.23. The summed E-state index contributed by atoms with van der Waals surface area (Å²) in [7, 11) is -1.49. The van der Waals surface area contributed by atoms with Gasteiger partial charge in [-0.2, -0.15) is 0 Å². The van der Waals surface area contributed by atoms with Crippen LogP contribution in [0.4, 0.5) is 5.69 Å². The lowest BCUT2D eigenvalue weighted by Gasteiger charge is -2.47. The highest BCUT2D eigenvalue weighted by molar-refractivity contribution is 6.83. The fourth-order valence-electron chi connectivity index (χ4n) is 3.93. The van der Waals surface area contributed by atoms with Crippen molar-refractivity contribution in [3.63, 3.8) is 0 Å². The average molecular weight is 336 g/mol. The van der Waals surface area contributed by atoms with Gasteiger partial charge in [0.1, 0.15) is 0 Å². The van der Waals surface area contributed by atoms with E-state index in [9.17, 15) is 0 Å². The molecule has 0 spiro atoms. The zero-order valence-corrected chi connectivity index (χ0v) is 16.7. The van der Waals surface area contributed by atoms with Crippen molar-refractivity contribution in [1.29, 1.82) is 0 Å². The van der Waals surface area contributed by atoms with Crippen LogP contribution in [0.25, 0.3) is 0 Å². The quantitative estimate of drug-likeness (QED) is 0.384. The zero-order valence-electron chi connectivity index (χ0n) is 15.7. The number of hydrogen-bond donors (Lipinski definition) is 0. The SMILES string of the molecule is C#Cc1ccc2c(c1)N(C1C=CCCC1)C([Si](C)(C)C)=CC2(C)C. The van der Waals surface area contributed by atoms with Crippen molar-refractivity contribution in [2.24, 2.45) is 0 Å². The van der Waals surface area contributed by atoms with Gasteiger partial charge < -0.3 is 4.90 Å². The van der Waals surface area contributed by atoms with E-state index in [0.717, 1.165) is 5.56 Å². The van der Waals surface area contributed by atoms with E-state index in [-0.39, 0.29) is 5.41 Å². The molecule has 2 aliphatic rings. The van der Waals surface area contributed by atoms with E-state index in [1.165, 1.54) is 30.5 Å². The molecule has 24 heavy (non-hydrogen) atoms. The van der Waals surface area contributed by atoms with Crippen molar-refractivity contribution in [1.82, 2.24) is 0 Å². The van der Waals surface area contributed by atoms with Crippen molar-refractivity contribution >= 4 is 13.8 Å². The van der Waals surface area contributed by atoms with Gasteiger partial charge in [-0.3, -0.25) is 0 Å². The number of hydrogen-bond acceptors (Lipinski definition) is 1.